The Morgan fingerprint density at radius 1 is 1.39 bits per heavy atom. The second-order valence-corrected chi connectivity index (χ2v) is 5.23. The van der Waals surface area contributed by atoms with Crippen molar-refractivity contribution >= 4 is 5.91 Å². The predicted molar refractivity (Wildman–Crippen MR) is 73.3 cm³/mol. The molecule has 1 aliphatic rings. The third-order valence-electron chi connectivity index (χ3n) is 3.44. The van der Waals surface area contributed by atoms with Gasteiger partial charge in [0.15, 0.2) is 0 Å². The minimum atomic E-state index is -0.00531. The topological polar surface area (TPSA) is 64.4 Å². The van der Waals surface area contributed by atoms with Crippen molar-refractivity contribution in [2.75, 3.05) is 13.2 Å². The van der Waals surface area contributed by atoms with Crippen LogP contribution >= 0.6 is 0 Å². The van der Waals surface area contributed by atoms with Gasteiger partial charge >= 0.3 is 0 Å². The van der Waals surface area contributed by atoms with E-state index in [9.17, 15) is 4.79 Å². The fraction of sp³-hybridized carbons (Fsp3) is 0.929. The standard InChI is InChI=1S/C14H28N2O2/c1-2-6-12(15)11-14(17)16-9-10-18-13-7-4-3-5-8-13/h12-13H,2-11,15H2,1H3,(H,16,17). The lowest BCUT2D eigenvalue weighted by atomic mass is 9.98. The first-order chi connectivity index (χ1) is 8.72. The van der Waals surface area contributed by atoms with Gasteiger partial charge < -0.3 is 15.8 Å². The van der Waals surface area contributed by atoms with E-state index in [1.54, 1.807) is 0 Å². The molecule has 1 rings (SSSR count). The lowest BCUT2D eigenvalue weighted by molar-refractivity contribution is -0.121. The van der Waals surface area contributed by atoms with E-state index in [0.29, 0.717) is 25.7 Å². The molecule has 1 amide bonds. The van der Waals surface area contributed by atoms with E-state index < -0.39 is 0 Å². The van der Waals surface area contributed by atoms with Crippen molar-refractivity contribution < 1.29 is 9.53 Å². The minimum absolute atomic E-state index is 0.00531. The summed E-state index contributed by atoms with van der Waals surface area (Å²) < 4.78 is 5.74. The summed E-state index contributed by atoms with van der Waals surface area (Å²) in [6.07, 6.45) is 9.03. The summed E-state index contributed by atoms with van der Waals surface area (Å²) in [5.41, 5.74) is 5.81. The zero-order chi connectivity index (χ0) is 13.2. The van der Waals surface area contributed by atoms with Gasteiger partial charge in [0.05, 0.1) is 12.7 Å². The average molecular weight is 256 g/mol. The van der Waals surface area contributed by atoms with Crippen LogP contribution in [0.15, 0.2) is 0 Å². The van der Waals surface area contributed by atoms with Gasteiger partial charge in [0.1, 0.15) is 0 Å². The number of amides is 1. The van der Waals surface area contributed by atoms with Crippen LogP contribution in [0.5, 0.6) is 0 Å². The van der Waals surface area contributed by atoms with E-state index in [2.05, 4.69) is 12.2 Å². The molecule has 0 aromatic carbocycles. The third kappa shape index (κ3) is 6.97. The molecule has 3 N–H and O–H groups in total. The maximum absolute atomic E-state index is 11.5. The molecule has 106 valence electrons. The Balaban J connectivity index is 1.97. The monoisotopic (exact) mass is 256 g/mol. The van der Waals surface area contributed by atoms with Gasteiger partial charge in [-0.25, -0.2) is 0 Å². The number of rotatable bonds is 8. The van der Waals surface area contributed by atoms with Crippen LogP contribution in [0.1, 0.15) is 58.3 Å². The van der Waals surface area contributed by atoms with E-state index in [-0.39, 0.29) is 11.9 Å². The van der Waals surface area contributed by atoms with Crippen LogP contribution in [0.4, 0.5) is 0 Å². The highest BCUT2D eigenvalue weighted by Gasteiger charge is 2.13. The molecule has 0 bridgehead atoms. The van der Waals surface area contributed by atoms with Crippen LogP contribution in [0, 0.1) is 0 Å². The highest BCUT2D eigenvalue weighted by Crippen LogP contribution is 2.19. The predicted octanol–water partition coefficient (Wildman–Crippen LogP) is 1.97. The van der Waals surface area contributed by atoms with Crippen molar-refractivity contribution in [2.45, 2.75) is 70.4 Å². The molecule has 4 heteroatoms. The molecule has 18 heavy (non-hydrogen) atoms. The normalized spacial score (nSPS) is 18.6. The van der Waals surface area contributed by atoms with Crippen LogP contribution in [0.2, 0.25) is 0 Å². The quantitative estimate of drug-likeness (QED) is 0.653. The maximum Gasteiger partial charge on any atom is 0.221 e. The number of nitrogens with one attached hydrogen (secondary N) is 1. The van der Waals surface area contributed by atoms with Crippen molar-refractivity contribution in [3.8, 4) is 0 Å². The summed E-state index contributed by atoms with van der Waals surface area (Å²) in [5.74, 6) is 0.0446. The summed E-state index contributed by atoms with van der Waals surface area (Å²) in [6.45, 7) is 3.31. The first-order valence-corrected chi connectivity index (χ1v) is 7.36. The SMILES string of the molecule is CCCC(N)CC(=O)NCCOC1CCCCC1. The molecular formula is C14H28N2O2. The van der Waals surface area contributed by atoms with Gasteiger partial charge in [-0.2, -0.15) is 0 Å². The van der Waals surface area contributed by atoms with Crippen molar-refractivity contribution in [1.29, 1.82) is 0 Å². The third-order valence-corrected chi connectivity index (χ3v) is 3.44. The molecule has 0 heterocycles. The molecule has 0 aromatic rings. The molecule has 4 nitrogen and oxygen atoms in total. The zero-order valence-electron chi connectivity index (χ0n) is 11.6. The molecule has 0 aliphatic heterocycles. The fourth-order valence-corrected chi connectivity index (χ4v) is 2.43. The highest BCUT2D eigenvalue weighted by atomic mass is 16.5. The molecule has 1 saturated carbocycles. The number of ether oxygens (including phenoxy) is 1. The lowest BCUT2D eigenvalue weighted by Gasteiger charge is -2.22. The summed E-state index contributed by atoms with van der Waals surface area (Å²) in [7, 11) is 0. The Kier molecular flexibility index (Phi) is 8.01. The number of hydrogen-bond acceptors (Lipinski definition) is 3. The summed E-state index contributed by atoms with van der Waals surface area (Å²) >= 11 is 0. The molecule has 0 radical (unpaired) electrons. The van der Waals surface area contributed by atoms with Gasteiger partial charge in [0.25, 0.3) is 0 Å². The van der Waals surface area contributed by atoms with Crippen LogP contribution in [0.3, 0.4) is 0 Å². The van der Waals surface area contributed by atoms with Gasteiger partial charge in [-0.05, 0) is 19.3 Å². The highest BCUT2D eigenvalue weighted by molar-refractivity contribution is 5.76. The number of hydrogen-bond donors (Lipinski definition) is 2. The largest absolute Gasteiger partial charge is 0.376 e. The van der Waals surface area contributed by atoms with Gasteiger partial charge in [-0.15, -0.1) is 0 Å². The first kappa shape index (κ1) is 15.4. The summed E-state index contributed by atoms with van der Waals surface area (Å²) in [5, 5.41) is 2.87. The molecule has 1 fully saturated rings. The number of carbonyl (C=O) groups is 1. The Labute approximate surface area is 111 Å². The van der Waals surface area contributed by atoms with Crippen molar-refractivity contribution in [2.24, 2.45) is 5.73 Å². The van der Waals surface area contributed by atoms with E-state index in [1.807, 2.05) is 0 Å². The summed E-state index contributed by atoms with van der Waals surface area (Å²) in [6, 6.07) is -0.00531. The Morgan fingerprint density at radius 2 is 2.11 bits per heavy atom. The van der Waals surface area contributed by atoms with Crippen LogP contribution < -0.4 is 11.1 Å². The number of nitrogens with two attached hydrogens (primary N) is 1. The van der Waals surface area contributed by atoms with Crippen molar-refractivity contribution in [3.05, 3.63) is 0 Å². The van der Waals surface area contributed by atoms with Crippen molar-refractivity contribution in [1.82, 2.24) is 5.32 Å². The first-order valence-electron chi connectivity index (χ1n) is 7.36. The Hall–Kier alpha value is -0.610. The average Bonchev–Trinajstić information content (AvgIpc) is 2.36. The molecule has 1 aliphatic carbocycles. The van der Waals surface area contributed by atoms with Gasteiger partial charge in [-0.1, -0.05) is 32.6 Å². The summed E-state index contributed by atoms with van der Waals surface area (Å²) in [4.78, 5) is 11.5. The van der Waals surface area contributed by atoms with Crippen LogP contribution in [-0.2, 0) is 9.53 Å². The van der Waals surface area contributed by atoms with E-state index in [1.165, 1.54) is 32.1 Å². The van der Waals surface area contributed by atoms with E-state index in [0.717, 1.165) is 12.8 Å². The number of carbonyl (C=O) groups excluding carboxylic acids is 1. The molecule has 1 atom stereocenters. The lowest BCUT2D eigenvalue weighted by Crippen LogP contribution is -2.34. The van der Waals surface area contributed by atoms with E-state index in [4.69, 9.17) is 10.5 Å². The molecular weight excluding hydrogens is 228 g/mol. The van der Waals surface area contributed by atoms with Crippen LogP contribution in [0.25, 0.3) is 0 Å². The van der Waals surface area contributed by atoms with Crippen molar-refractivity contribution in [3.63, 3.8) is 0 Å². The van der Waals surface area contributed by atoms with Gasteiger partial charge in [0.2, 0.25) is 5.91 Å². The molecule has 1 unspecified atom stereocenters. The van der Waals surface area contributed by atoms with Gasteiger partial charge in [0, 0.05) is 19.0 Å². The molecule has 0 aromatic heterocycles. The Morgan fingerprint density at radius 3 is 2.78 bits per heavy atom. The maximum atomic E-state index is 11.5. The minimum Gasteiger partial charge on any atom is -0.376 e. The van der Waals surface area contributed by atoms with Crippen LogP contribution in [-0.4, -0.2) is 31.2 Å². The van der Waals surface area contributed by atoms with E-state index >= 15 is 0 Å². The molecule has 0 spiro atoms. The fourth-order valence-electron chi connectivity index (χ4n) is 2.43. The zero-order valence-corrected chi connectivity index (χ0v) is 11.6. The Bertz CT molecular complexity index is 228. The van der Waals surface area contributed by atoms with Gasteiger partial charge in [-0.3, -0.25) is 4.79 Å². The molecule has 0 saturated heterocycles. The second-order valence-electron chi connectivity index (χ2n) is 5.23. The second kappa shape index (κ2) is 9.34. The smallest absolute Gasteiger partial charge is 0.221 e.